The van der Waals surface area contributed by atoms with Gasteiger partial charge in [0.2, 0.25) is 0 Å². The summed E-state index contributed by atoms with van der Waals surface area (Å²) in [6, 6.07) is 14.0. The first-order valence-electron chi connectivity index (χ1n) is 10.9. The zero-order valence-electron chi connectivity index (χ0n) is 19.5. The van der Waals surface area contributed by atoms with Gasteiger partial charge >= 0.3 is 11.9 Å². The lowest BCUT2D eigenvalue weighted by atomic mass is 9.62. The fourth-order valence-corrected chi connectivity index (χ4v) is 4.30. The fraction of sp³-hybridized carbons (Fsp3) is 0.400. The van der Waals surface area contributed by atoms with Crippen LogP contribution in [0.3, 0.4) is 0 Å². The van der Waals surface area contributed by atoms with Gasteiger partial charge in [0.05, 0.1) is 30.1 Å². The molecule has 178 valence electrons. The third-order valence-corrected chi connectivity index (χ3v) is 5.67. The van der Waals surface area contributed by atoms with Crippen LogP contribution in [-0.2, 0) is 19.1 Å². The Morgan fingerprint density at radius 1 is 1.18 bits per heavy atom. The van der Waals surface area contributed by atoms with E-state index in [9.17, 15) is 25.0 Å². The van der Waals surface area contributed by atoms with E-state index in [4.69, 9.17) is 9.47 Å². The molecule has 0 aromatic heterocycles. The van der Waals surface area contributed by atoms with E-state index in [-0.39, 0.29) is 18.7 Å². The Bertz CT molecular complexity index is 1130. The standard InChI is InChI=1S/C25H27N3O6/c1-5-33-23(30)25(15-26)19(14-21(29)34-24(2,3)4)18-8-6-7-9-20(18)27-22(25)16-10-12-17(13-11-16)28(31)32/h6-13,19,22,27H,5,14H2,1-4H3/t19-,22+,25-/m0/s1. The van der Waals surface area contributed by atoms with Gasteiger partial charge in [-0.25, -0.2) is 0 Å². The maximum absolute atomic E-state index is 13.5. The van der Waals surface area contributed by atoms with E-state index in [0.717, 1.165) is 0 Å². The van der Waals surface area contributed by atoms with Crippen LogP contribution in [0.2, 0.25) is 0 Å². The third kappa shape index (κ3) is 4.71. The molecule has 0 spiro atoms. The number of fused-ring (bicyclic) bond motifs is 1. The average Bonchev–Trinajstić information content (AvgIpc) is 2.78. The lowest BCUT2D eigenvalue weighted by Gasteiger charge is -2.44. The summed E-state index contributed by atoms with van der Waals surface area (Å²) >= 11 is 0. The molecule has 0 saturated carbocycles. The van der Waals surface area contributed by atoms with Crippen LogP contribution in [0.1, 0.15) is 57.2 Å². The molecule has 2 aromatic rings. The Morgan fingerprint density at radius 3 is 2.38 bits per heavy atom. The van der Waals surface area contributed by atoms with Gasteiger partial charge in [-0.2, -0.15) is 5.26 Å². The first-order valence-corrected chi connectivity index (χ1v) is 10.9. The molecule has 0 saturated heterocycles. The number of hydrogen-bond donors (Lipinski definition) is 1. The number of benzene rings is 2. The smallest absolute Gasteiger partial charge is 0.329 e. The molecular weight excluding hydrogens is 438 g/mol. The molecule has 9 nitrogen and oxygen atoms in total. The van der Waals surface area contributed by atoms with Gasteiger partial charge in [0.25, 0.3) is 5.69 Å². The fourth-order valence-electron chi connectivity index (χ4n) is 4.30. The monoisotopic (exact) mass is 465 g/mol. The number of non-ortho nitro benzene ring substituents is 1. The average molecular weight is 466 g/mol. The summed E-state index contributed by atoms with van der Waals surface area (Å²) in [6.45, 7) is 6.89. The molecule has 1 heterocycles. The van der Waals surface area contributed by atoms with Gasteiger partial charge in [-0.1, -0.05) is 30.3 Å². The van der Waals surface area contributed by atoms with Crippen molar-refractivity contribution in [1.82, 2.24) is 0 Å². The Labute approximate surface area is 197 Å². The van der Waals surface area contributed by atoms with Gasteiger partial charge in [-0.3, -0.25) is 19.7 Å². The molecule has 1 aliphatic rings. The third-order valence-electron chi connectivity index (χ3n) is 5.67. The SMILES string of the molecule is CCOC(=O)[C@]1(C#N)[C@@H](c2ccc([N+](=O)[O-])cc2)Nc2ccccc2[C@@H]1CC(=O)OC(C)(C)C. The minimum Gasteiger partial charge on any atom is -0.465 e. The Kier molecular flexibility index (Phi) is 6.91. The van der Waals surface area contributed by atoms with Crippen molar-refractivity contribution in [3.05, 3.63) is 69.8 Å². The maximum Gasteiger partial charge on any atom is 0.329 e. The van der Waals surface area contributed by atoms with Crippen molar-refractivity contribution in [3.8, 4) is 6.07 Å². The molecule has 0 unspecified atom stereocenters. The van der Waals surface area contributed by atoms with Crippen LogP contribution in [0.5, 0.6) is 0 Å². The van der Waals surface area contributed by atoms with E-state index in [2.05, 4.69) is 11.4 Å². The second kappa shape index (κ2) is 9.51. The molecule has 0 fully saturated rings. The highest BCUT2D eigenvalue weighted by molar-refractivity contribution is 5.87. The van der Waals surface area contributed by atoms with Gasteiger partial charge in [0, 0.05) is 23.7 Å². The zero-order chi connectivity index (χ0) is 25.1. The van der Waals surface area contributed by atoms with E-state index in [1.807, 2.05) is 0 Å². The summed E-state index contributed by atoms with van der Waals surface area (Å²) in [5.74, 6) is -2.22. The molecule has 0 amide bonds. The van der Waals surface area contributed by atoms with Crippen LogP contribution in [0.4, 0.5) is 11.4 Å². The van der Waals surface area contributed by atoms with Crippen LogP contribution in [-0.4, -0.2) is 29.1 Å². The maximum atomic E-state index is 13.5. The van der Waals surface area contributed by atoms with Crippen LogP contribution in [0.25, 0.3) is 0 Å². The zero-order valence-corrected chi connectivity index (χ0v) is 19.5. The van der Waals surface area contributed by atoms with Crippen LogP contribution in [0.15, 0.2) is 48.5 Å². The van der Waals surface area contributed by atoms with E-state index < -0.39 is 39.8 Å². The van der Waals surface area contributed by atoms with Gasteiger partial charge in [0.15, 0.2) is 5.41 Å². The molecule has 0 bridgehead atoms. The second-order valence-corrected chi connectivity index (χ2v) is 9.06. The highest BCUT2D eigenvalue weighted by Gasteiger charge is 2.58. The molecule has 2 aromatic carbocycles. The quantitative estimate of drug-likeness (QED) is 0.370. The van der Waals surface area contributed by atoms with E-state index in [1.165, 1.54) is 24.3 Å². The predicted molar refractivity (Wildman–Crippen MR) is 124 cm³/mol. The number of para-hydroxylation sites is 1. The van der Waals surface area contributed by atoms with Crippen LogP contribution < -0.4 is 5.32 Å². The summed E-state index contributed by atoms with van der Waals surface area (Å²) in [4.78, 5) is 37.0. The molecule has 3 rings (SSSR count). The molecule has 0 aliphatic carbocycles. The van der Waals surface area contributed by atoms with Gasteiger partial charge in [-0.15, -0.1) is 0 Å². The number of carbonyl (C=O) groups excluding carboxylic acids is 2. The molecule has 1 N–H and O–H groups in total. The number of nitrogens with one attached hydrogen (secondary N) is 1. The summed E-state index contributed by atoms with van der Waals surface area (Å²) in [6.07, 6.45) is -0.230. The summed E-state index contributed by atoms with van der Waals surface area (Å²) in [7, 11) is 0. The van der Waals surface area contributed by atoms with Crippen LogP contribution >= 0.6 is 0 Å². The molecule has 0 radical (unpaired) electrons. The van der Waals surface area contributed by atoms with E-state index >= 15 is 0 Å². The molecule has 34 heavy (non-hydrogen) atoms. The van der Waals surface area contributed by atoms with Gasteiger partial charge in [-0.05, 0) is 44.9 Å². The van der Waals surface area contributed by atoms with Crippen LogP contribution in [0, 0.1) is 26.9 Å². The number of ether oxygens (including phenoxy) is 2. The summed E-state index contributed by atoms with van der Waals surface area (Å²) < 4.78 is 10.9. The van der Waals surface area contributed by atoms with Gasteiger partial charge < -0.3 is 14.8 Å². The van der Waals surface area contributed by atoms with E-state index in [0.29, 0.717) is 16.8 Å². The number of carbonyl (C=O) groups is 2. The molecular formula is C25H27N3O6. The number of anilines is 1. The summed E-state index contributed by atoms with van der Waals surface area (Å²) in [5, 5.41) is 24.9. The largest absolute Gasteiger partial charge is 0.465 e. The Balaban J connectivity index is 2.20. The first kappa shape index (κ1) is 24.7. The molecule has 1 aliphatic heterocycles. The summed E-state index contributed by atoms with van der Waals surface area (Å²) in [5.41, 5.74) is -0.971. The predicted octanol–water partition coefficient (Wildman–Crippen LogP) is 4.65. The minimum atomic E-state index is -1.84. The number of esters is 2. The Hall–Kier alpha value is -3.93. The first-order chi connectivity index (χ1) is 16.0. The van der Waals surface area contributed by atoms with Crippen molar-refractivity contribution < 1.29 is 24.0 Å². The van der Waals surface area contributed by atoms with Gasteiger partial charge in [0.1, 0.15) is 5.60 Å². The number of hydrogen-bond acceptors (Lipinski definition) is 8. The number of nitro benzene ring substituents is 1. The topological polar surface area (TPSA) is 132 Å². The van der Waals surface area contributed by atoms with E-state index in [1.54, 1.807) is 52.0 Å². The lowest BCUT2D eigenvalue weighted by Crippen LogP contribution is -2.49. The number of nitriles is 1. The lowest BCUT2D eigenvalue weighted by molar-refractivity contribution is -0.384. The normalized spacial score (nSPS) is 21.4. The number of rotatable bonds is 6. The van der Waals surface area contributed by atoms with Crippen molar-refractivity contribution in [2.45, 2.75) is 51.7 Å². The van der Waals surface area contributed by atoms with Crippen molar-refractivity contribution in [3.63, 3.8) is 0 Å². The highest BCUT2D eigenvalue weighted by Crippen LogP contribution is 2.55. The minimum absolute atomic E-state index is 0.0377. The second-order valence-electron chi connectivity index (χ2n) is 9.06. The van der Waals surface area contributed by atoms with Crippen molar-refractivity contribution in [2.24, 2.45) is 5.41 Å². The van der Waals surface area contributed by atoms with Crippen molar-refractivity contribution in [1.29, 1.82) is 5.26 Å². The van der Waals surface area contributed by atoms with Crippen molar-refractivity contribution in [2.75, 3.05) is 11.9 Å². The number of nitro groups is 1. The molecule has 3 atom stereocenters. The van der Waals surface area contributed by atoms with Crippen molar-refractivity contribution >= 4 is 23.3 Å². The Morgan fingerprint density at radius 2 is 1.82 bits per heavy atom. The molecule has 9 heteroatoms. The number of nitrogens with zero attached hydrogens (tertiary/aromatic N) is 2. The highest BCUT2D eigenvalue weighted by atomic mass is 16.6.